The molecular weight excluding hydrogens is 252 g/mol. The van der Waals surface area contributed by atoms with Gasteiger partial charge in [0.15, 0.2) is 0 Å². The topological polar surface area (TPSA) is 67.4 Å². The SMILES string of the molecule is O=C(CNC(=O)c1cccs1)NC[C@@H]1CCCO1. The van der Waals surface area contributed by atoms with Crippen molar-refractivity contribution in [2.75, 3.05) is 19.7 Å². The van der Waals surface area contributed by atoms with Gasteiger partial charge in [0.25, 0.3) is 5.91 Å². The van der Waals surface area contributed by atoms with Gasteiger partial charge in [-0.25, -0.2) is 0 Å². The minimum atomic E-state index is -0.211. The zero-order chi connectivity index (χ0) is 12.8. The molecule has 6 heteroatoms. The second-order valence-corrected chi connectivity index (χ2v) is 5.05. The maximum Gasteiger partial charge on any atom is 0.261 e. The maximum atomic E-state index is 11.6. The van der Waals surface area contributed by atoms with Gasteiger partial charge < -0.3 is 15.4 Å². The molecule has 2 N–H and O–H groups in total. The highest BCUT2D eigenvalue weighted by molar-refractivity contribution is 7.12. The number of hydrogen-bond acceptors (Lipinski definition) is 4. The third kappa shape index (κ3) is 3.82. The van der Waals surface area contributed by atoms with Crippen molar-refractivity contribution in [3.8, 4) is 0 Å². The van der Waals surface area contributed by atoms with Gasteiger partial charge in [0, 0.05) is 13.2 Å². The van der Waals surface area contributed by atoms with Crippen molar-refractivity contribution in [3.05, 3.63) is 22.4 Å². The fourth-order valence-electron chi connectivity index (χ4n) is 1.75. The summed E-state index contributed by atoms with van der Waals surface area (Å²) in [5.41, 5.74) is 0. The van der Waals surface area contributed by atoms with E-state index in [9.17, 15) is 9.59 Å². The van der Waals surface area contributed by atoms with E-state index in [-0.39, 0.29) is 24.5 Å². The van der Waals surface area contributed by atoms with Crippen LogP contribution in [0.1, 0.15) is 22.5 Å². The number of carbonyl (C=O) groups excluding carboxylic acids is 2. The summed E-state index contributed by atoms with van der Waals surface area (Å²) in [4.78, 5) is 23.7. The Balaban J connectivity index is 1.63. The van der Waals surface area contributed by atoms with E-state index in [4.69, 9.17) is 4.74 Å². The first-order valence-corrected chi connectivity index (χ1v) is 6.83. The lowest BCUT2D eigenvalue weighted by molar-refractivity contribution is -0.120. The molecule has 2 heterocycles. The van der Waals surface area contributed by atoms with Gasteiger partial charge in [-0.2, -0.15) is 0 Å². The van der Waals surface area contributed by atoms with Crippen LogP contribution in [0.2, 0.25) is 0 Å². The van der Waals surface area contributed by atoms with Crippen molar-refractivity contribution in [3.63, 3.8) is 0 Å². The second-order valence-electron chi connectivity index (χ2n) is 4.10. The molecule has 1 fully saturated rings. The van der Waals surface area contributed by atoms with Gasteiger partial charge in [-0.1, -0.05) is 6.07 Å². The Kier molecular flexibility index (Phi) is 4.72. The highest BCUT2D eigenvalue weighted by Gasteiger charge is 2.16. The smallest absolute Gasteiger partial charge is 0.261 e. The normalized spacial score (nSPS) is 18.6. The third-order valence-electron chi connectivity index (χ3n) is 2.71. The average molecular weight is 268 g/mol. The van der Waals surface area contributed by atoms with Crippen LogP contribution in [0, 0.1) is 0 Å². The van der Waals surface area contributed by atoms with Gasteiger partial charge in [0.05, 0.1) is 17.5 Å². The van der Waals surface area contributed by atoms with Gasteiger partial charge in [-0.15, -0.1) is 11.3 Å². The molecule has 1 aliphatic heterocycles. The van der Waals surface area contributed by atoms with E-state index in [1.165, 1.54) is 11.3 Å². The molecule has 1 aliphatic rings. The molecule has 2 amide bonds. The minimum absolute atomic E-state index is 0.00343. The fourth-order valence-corrected chi connectivity index (χ4v) is 2.39. The van der Waals surface area contributed by atoms with E-state index in [2.05, 4.69) is 10.6 Å². The second kappa shape index (κ2) is 6.51. The van der Waals surface area contributed by atoms with E-state index in [1.54, 1.807) is 12.1 Å². The van der Waals surface area contributed by atoms with Crippen LogP contribution < -0.4 is 10.6 Å². The van der Waals surface area contributed by atoms with Crippen molar-refractivity contribution < 1.29 is 14.3 Å². The molecule has 1 saturated heterocycles. The van der Waals surface area contributed by atoms with Crippen molar-refractivity contribution in [2.45, 2.75) is 18.9 Å². The zero-order valence-corrected chi connectivity index (χ0v) is 10.8. The summed E-state index contributed by atoms with van der Waals surface area (Å²) in [6.07, 6.45) is 2.17. The van der Waals surface area contributed by atoms with Gasteiger partial charge in [-0.05, 0) is 24.3 Å². The highest BCUT2D eigenvalue weighted by atomic mass is 32.1. The summed E-state index contributed by atoms with van der Waals surface area (Å²) in [6, 6.07) is 3.53. The van der Waals surface area contributed by atoms with E-state index < -0.39 is 0 Å². The maximum absolute atomic E-state index is 11.6. The molecule has 1 aromatic heterocycles. The number of ether oxygens (including phenoxy) is 1. The Hall–Kier alpha value is -1.40. The average Bonchev–Trinajstić information content (AvgIpc) is 3.05. The van der Waals surface area contributed by atoms with E-state index >= 15 is 0 Å². The first kappa shape index (κ1) is 13.0. The molecule has 98 valence electrons. The quantitative estimate of drug-likeness (QED) is 0.829. The van der Waals surface area contributed by atoms with Crippen LogP contribution in [-0.2, 0) is 9.53 Å². The summed E-state index contributed by atoms with van der Waals surface area (Å²) in [6.45, 7) is 1.30. The molecule has 0 radical (unpaired) electrons. The van der Waals surface area contributed by atoms with Gasteiger partial charge >= 0.3 is 0 Å². The monoisotopic (exact) mass is 268 g/mol. The van der Waals surface area contributed by atoms with Crippen LogP contribution in [0.5, 0.6) is 0 Å². The van der Waals surface area contributed by atoms with Crippen LogP contribution >= 0.6 is 11.3 Å². The first-order valence-electron chi connectivity index (χ1n) is 5.95. The third-order valence-corrected chi connectivity index (χ3v) is 3.57. The number of carbonyl (C=O) groups is 2. The zero-order valence-electron chi connectivity index (χ0n) is 9.98. The van der Waals surface area contributed by atoms with Gasteiger partial charge in [0.1, 0.15) is 0 Å². The van der Waals surface area contributed by atoms with Gasteiger partial charge in [-0.3, -0.25) is 9.59 Å². The molecule has 0 bridgehead atoms. The summed E-state index contributed by atoms with van der Waals surface area (Å²) < 4.78 is 5.39. The summed E-state index contributed by atoms with van der Waals surface area (Å²) in [5.74, 6) is -0.396. The lowest BCUT2D eigenvalue weighted by atomic mass is 10.2. The van der Waals surface area contributed by atoms with E-state index in [1.807, 2.05) is 5.38 Å². The Bertz CT molecular complexity index is 399. The highest BCUT2D eigenvalue weighted by Crippen LogP contribution is 2.10. The predicted octanol–water partition coefficient (Wildman–Crippen LogP) is 0.773. The van der Waals surface area contributed by atoms with Crippen LogP contribution in [0.3, 0.4) is 0 Å². The first-order chi connectivity index (χ1) is 8.75. The van der Waals surface area contributed by atoms with Crippen LogP contribution in [0.4, 0.5) is 0 Å². The molecule has 0 saturated carbocycles. The molecular formula is C12H16N2O3S. The van der Waals surface area contributed by atoms with Crippen molar-refractivity contribution >= 4 is 23.2 Å². The number of amides is 2. The van der Waals surface area contributed by atoms with Crippen molar-refractivity contribution in [2.24, 2.45) is 0 Å². The molecule has 1 aromatic rings. The van der Waals surface area contributed by atoms with Crippen LogP contribution in [-0.4, -0.2) is 37.6 Å². The summed E-state index contributed by atoms with van der Waals surface area (Å²) in [5, 5.41) is 7.15. The molecule has 0 spiro atoms. The minimum Gasteiger partial charge on any atom is -0.376 e. The number of rotatable bonds is 5. The Morgan fingerprint density at radius 1 is 1.44 bits per heavy atom. The largest absolute Gasteiger partial charge is 0.376 e. The lowest BCUT2D eigenvalue weighted by Crippen LogP contribution is -2.39. The molecule has 1 atom stereocenters. The van der Waals surface area contributed by atoms with Crippen molar-refractivity contribution in [1.29, 1.82) is 0 Å². The molecule has 0 aromatic carbocycles. The standard InChI is InChI=1S/C12H16N2O3S/c15-11(13-7-9-3-1-5-17-9)8-14-12(16)10-4-2-6-18-10/h2,4,6,9H,1,3,5,7-8H2,(H,13,15)(H,14,16)/t9-/m0/s1. The Morgan fingerprint density at radius 3 is 3.00 bits per heavy atom. The van der Waals surface area contributed by atoms with E-state index in [0.29, 0.717) is 11.4 Å². The van der Waals surface area contributed by atoms with E-state index in [0.717, 1.165) is 19.4 Å². The Labute approximate surface area is 110 Å². The molecule has 0 unspecified atom stereocenters. The number of hydrogen-bond donors (Lipinski definition) is 2. The number of nitrogens with one attached hydrogen (secondary N) is 2. The Morgan fingerprint density at radius 2 is 2.33 bits per heavy atom. The molecule has 2 rings (SSSR count). The lowest BCUT2D eigenvalue weighted by Gasteiger charge is -2.10. The van der Waals surface area contributed by atoms with Crippen LogP contribution in [0.25, 0.3) is 0 Å². The van der Waals surface area contributed by atoms with Crippen LogP contribution in [0.15, 0.2) is 17.5 Å². The van der Waals surface area contributed by atoms with Gasteiger partial charge in [0.2, 0.25) is 5.91 Å². The summed E-state index contributed by atoms with van der Waals surface area (Å²) in [7, 11) is 0. The number of thiophene rings is 1. The van der Waals surface area contributed by atoms with Crippen molar-refractivity contribution in [1.82, 2.24) is 10.6 Å². The molecule has 5 nitrogen and oxygen atoms in total. The molecule has 18 heavy (non-hydrogen) atoms. The summed E-state index contributed by atoms with van der Waals surface area (Å²) >= 11 is 1.35. The fraction of sp³-hybridized carbons (Fsp3) is 0.500. The predicted molar refractivity (Wildman–Crippen MR) is 68.6 cm³/mol. The molecule has 0 aliphatic carbocycles.